The van der Waals surface area contributed by atoms with E-state index in [1.54, 1.807) is 0 Å². The molecule has 0 spiro atoms. The monoisotopic (exact) mass is 377 g/mol. The third kappa shape index (κ3) is 3.48. The average Bonchev–Trinajstić information content (AvgIpc) is 3.18. The van der Waals surface area contributed by atoms with Gasteiger partial charge in [0.15, 0.2) is 0 Å². The van der Waals surface area contributed by atoms with Crippen LogP contribution in [0.2, 0.25) is 0 Å². The molecule has 4 heteroatoms. The summed E-state index contributed by atoms with van der Waals surface area (Å²) < 4.78 is 0. The molecule has 4 aromatic carbocycles. The second-order valence-corrected chi connectivity index (χ2v) is 7.05. The van der Waals surface area contributed by atoms with Crippen LogP contribution in [0.5, 0.6) is 0 Å². The Labute approximate surface area is 168 Å². The van der Waals surface area contributed by atoms with E-state index in [0.717, 1.165) is 39.1 Å². The molecular formula is C25H19N3O. The van der Waals surface area contributed by atoms with Gasteiger partial charge in [-0.2, -0.15) is 0 Å². The van der Waals surface area contributed by atoms with Gasteiger partial charge in [-0.25, -0.2) is 4.98 Å². The first kappa shape index (κ1) is 17.2. The van der Waals surface area contributed by atoms with E-state index in [4.69, 9.17) is 0 Å². The standard InChI is InChI=1S/C25H19N3O/c29-24(16-17-13-14-18-7-1-2-8-19(18)15-17)26-21-10-4-3-9-20(21)25-27-22-11-5-6-12-23(22)28-25/h1-15H,16H2,(H,26,29)(H,27,28). The lowest BCUT2D eigenvalue weighted by Gasteiger charge is -2.10. The number of H-pyrrole nitrogens is 1. The first-order chi connectivity index (χ1) is 14.3. The highest BCUT2D eigenvalue weighted by Crippen LogP contribution is 2.27. The van der Waals surface area contributed by atoms with Crippen molar-refractivity contribution in [1.29, 1.82) is 0 Å². The maximum Gasteiger partial charge on any atom is 0.228 e. The van der Waals surface area contributed by atoms with E-state index in [-0.39, 0.29) is 5.91 Å². The lowest BCUT2D eigenvalue weighted by atomic mass is 10.0. The van der Waals surface area contributed by atoms with Gasteiger partial charge >= 0.3 is 0 Å². The number of rotatable bonds is 4. The minimum Gasteiger partial charge on any atom is -0.338 e. The second-order valence-electron chi connectivity index (χ2n) is 7.05. The molecule has 29 heavy (non-hydrogen) atoms. The minimum atomic E-state index is -0.0520. The predicted molar refractivity (Wildman–Crippen MR) is 118 cm³/mol. The Hall–Kier alpha value is -3.92. The molecule has 140 valence electrons. The number of carbonyl (C=O) groups is 1. The Morgan fingerprint density at radius 1 is 0.828 bits per heavy atom. The topological polar surface area (TPSA) is 57.8 Å². The van der Waals surface area contributed by atoms with Gasteiger partial charge in [0.2, 0.25) is 5.91 Å². The number of aromatic nitrogens is 2. The van der Waals surface area contributed by atoms with Crippen molar-refractivity contribution in [3.63, 3.8) is 0 Å². The Kier molecular flexibility index (Phi) is 4.30. The Morgan fingerprint density at radius 2 is 1.59 bits per heavy atom. The van der Waals surface area contributed by atoms with Gasteiger partial charge in [0.05, 0.1) is 23.1 Å². The summed E-state index contributed by atoms with van der Waals surface area (Å²) in [6.45, 7) is 0. The first-order valence-electron chi connectivity index (χ1n) is 9.58. The van der Waals surface area contributed by atoms with Crippen molar-refractivity contribution in [1.82, 2.24) is 9.97 Å². The van der Waals surface area contributed by atoms with E-state index in [2.05, 4.69) is 39.6 Å². The molecule has 0 aliphatic rings. The van der Waals surface area contributed by atoms with Crippen LogP contribution in [0.1, 0.15) is 5.56 Å². The van der Waals surface area contributed by atoms with Gasteiger partial charge in [0.1, 0.15) is 5.82 Å². The van der Waals surface area contributed by atoms with Crippen LogP contribution < -0.4 is 5.32 Å². The van der Waals surface area contributed by atoms with Gasteiger partial charge in [-0.3, -0.25) is 4.79 Å². The number of hydrogen-bond donors (Lipinski definition) is 2. The Balaban J connectivity index is 1.40. The molecule has 5 rings (SSSR count). The highest BCUT2D eigenvalue weighted by Gasteiger charge is 2.12. The van der Waals surface area contributed by atoms with E-state index in [9.17, 15) is 4.79 Å². The molecule has 0 saturated carbocycles. The summed E-state index contributed by atoms with van der Waals surface area (Å²) >= 11 is 0. The van der Waals surface area contributed by atoms with Crippen LogP contribution in [0.15, 0.2) is 91.0 Å². The summed E-state index contributed by atoms with van der Waals surface area (Å²) in [7, 11) is 0. The number of fused-ring (bicyclic) bond motifs is 2. The van der Waals surface area contributed by atoms with Gasteiger partial charge in [0, 0.05) is 5.56 Å². The summed E-state index contributed by atoms with van der Waals surface area (Å²) in [5.74, 6) is 0.691. The van der Waals surface area contributed by atoms with E-state index in [1.807, 2.05) is 66.7 Å². The molecule has 0 aliphatic heterocycles. The second kappa shape index (κ2) is 7.24. The lowest BCUT2D eigenvalue weighted by Crippen LogP contribution is -2.15. The first-order valence-corrected chi connectivity index (χ1v) is 9.58. The van der Waals surface area contributed by atoms with E-state index >= 15 is 0 Å². The van der Waals surface area contributed by atoms with Crippen LogP contribution in [-0.4, -0.2) is 15.9 Å². The minimum absolute atomic E-state index is 0.0520. The van der Waals surface area contributed by atoms with Gasteiger partial charge in [-0.05, 0) is 40.6 Å². The molecule has 1 heterocycles. The van der Waals surface area contributed by atoms with E-state index < -0.39 is 0 Å². The van der Waals surface area contributed by atoms with Gasteiger partial charge in [-0.1, -0.05) is 66.7 Å². The van der Waals surface area contributed by atoms with Crippen LogP contribution in [0.3, 0.4) is 0 Å². The summed E-state index contributed by atoms with van der Waals surface area (Å²) in [4.78, 5) is 20.7. The maximum atomic E-state index is 12.7. The number of aromatic amines is 1. The number of nitrogens with zero attached hydrogens (tertiary/aromatic N) is 1. The molecule has 4 nitrogen and oxygen atoms in total. The Bertz CT molecular complexity index is 1300. The Morgan fingerprint density at radius 3 is 2.48 bits per heavy atom. The molecule has 0 saturated heterocycles. The van der Waals surface area contributed by atoms with Crippen molar-refractivity contribution in [2.24, 2.45) is 0 Å². The fourth-order valence-corrected chi connectivity index (χ4v) is 3.61. The van der Waals surface area contributed by atoms with Crippen LogP contribution >= 0.6 is 0 Å². The van der Waals surface area contributed by atoms with Crippen molar-refractivity contribution >= 4 is 33.4 Å². The predicted octanol–water partition coefficient (Wildman–Crippen LogP) is 5.56. The van der Waals surface area contributed by atoms with Crippen molar-refractivity contribution in [2.75, 3.05) is 5.32 Å². The van der Waals surface area contributed by atoms with Crippen LogP contribution in [0.4, 0.5) is 5.69 Å². The number of nitrogens with one attached hydrogen (secondary N) is 2. The third-order valence-electron chi connectivity index (χ3n) is 5.02. The van der Waals surface area contributed by atoms with Gasteiger partial charge in [-0.15, -0.1) is 0 Å². The molecule has 1 aromatic heterocycles. The lowest BCUT2D eigenvalue weighted by molar-refractivity contribution is -0.115. The van der Waals surface area contributed by atoms with Gasteiger partial charge in [0.25, 0.3) is 0 Å². The molecule has 0 atom stereocenters. The number of anilines is 1. The highest BCUT2D eigenvalue weighted by atomic mass is 16.1. The smallest absolute Gasteiger partial charge is 0.228 e. The summed E-state index contributed by atoms with van der Waals surface area (Å²) in [6.07, 6.45) is 0.319. The zero-order valence-electron chi connectivity index (χ0n) is 15.7. The largest absolute Gasteiger partial charge is 0.338 e. The molecule has 0 unspecified atom stereocenters. The van der Waals surface area contributed by atoms with Crippen LogP contribution in [-0.2, 0) is 11.2 Å². The van der Waals surface area contributed by atoms with Crippen molar-refractivity contribution in [3.05, 3.63) is 96.6 Å². The average molecular weight is 377 g/mol. The van der Waals surface area contributed by atoms with E-state index in [0.29, 0.717) is 6.42 Å². The number of carbonyl (C=O) groups excluding carboxylic acids is 1. The number of hydrogen-bond acceptors (Lipinski definition) is 2. The number of benzene rings is 4. The zero-order valence-corrected chi connectivity index (χ0v) is 15.7. The van der Waals surface area contributed by atoms with Gasteiger partial charge < -0.3 is 10.3 Å². The van der Waals surface area contributed by atoms with Crippen molar-refractivity contribution in [2.45, 2.75) is 6.42 Å². The fourth-order valence-electron chi connectivity index (χ4n) is 3.61. The van der Waals surface area contributed by atoms with E-state index in [1.165, 1.54) is 5.39 Å². The molecule has 0 fully saturated rings. The fraction of sp³-hybridized carbons (Fsp3) is 0.0400. The highest BCUT2D eigenvalue weighted by molar-refractivity contribution is 5.97. The summed E-state index contributed by atoms with van der Waals surface area (Å²) in [5, 5.41) is 5.36. The van der Waals surface area contributed by atoms with Crippen LogP contribution in [0, 0.1) is 0 Å². The number of amides is 1. The van der Waals surface area contributed by atoms with Crippen LogP contribution in [0.25, 0.3) is 33.2 Å². The molecular weight excluding hydrogens is 358 g/mol. The molecule has 0 bridgehead atoms. The zero-order chi connectivity index (χ0) is 19.6. The summed E-state index contributed by atoms with van der Waals surface area (Å²) in [6, 6.07) is 29.9. The summed E-state index contributed by atoms with van der Waals surface area (Å²) in [5.41, 5.74) is 4.48. The van der Waals surface area contributed by atoms with Crippen molar-refractivity contribution in [3.8, 4) is 11.4 Å². The quantitative estimate of drug-likeness (QED) is 0.430. The number of para-hydroxylation sites is 3. The molecule has 2 N–H and O–H groups in total. The van der Waals surface area contributed by atoms with Crippen molar-refractivity contribution < 1.29 is 4.79 Å². The third-order valence-corrected chi connectivity index (χ3v) is 5.02. The molecule has 5 aromatic rings. The molecule has 1 amide bonds. The number of imidazole rings is 1. The molecule has 0 aliphatic carbocycles. The normalized spacial score (nSPS) is 11.0. The SMILES string of the molecule is O=C(Cc1ccc2ccccc2c1)Nc1ccccc1-c1nc2ccccc2[nH]1. The maximum absolute atomic E-state index is 12.7. The molecule has 0 radical (unpaired) electrons.